The molecule has 0 fully saturated rings. The summed E-state index contributed by atoms with van der Waals surface area (Å²) in [6.45, 7) is 2.09. The average molecular weight is 502 g/mol. The molecule has 3 aromatic carbocycles. The quantitative estimate of drug-likeness (QED) is 0.260. The molecule has 0 unspecified atom stereocenters. The number of amides is 1. The standard InChI is InChI=1S/C26H25F3N2O5/c1-18(32)30-20-9-11-22(12-10-20)35-15-13-34-14-16-36-25(33)23-7-2-3-8-24(23)31-21-6-4-5-19(17-21)26(27,28)29/h2-12,17,31H,13-16H2,1H3,(H,30,32). The van der Waals surface area contributed by atoms with Crippen LogP contribution >= 0.6 is 0 Å². The maximum atomic E-state index is 13.0. The minimum Gasteiger partial charge on any atom is -0.491 e. The molecule has 0 saturated carbocycles. The van der Waals surface area contributed by atoms with Crippen molar-refractivity contribution in [3.8, 4) is 5.75 Å². The molecular weight excluding hydrogens is 477 g/mol. The van der Waals surface area contributed by atoms with Gasteiger partial charge in [0.25, 0.3) is 0 Å². The van der Waals surface area contributed by atoms with Crippen molar-refractivity contribution in [3.05, 3.63) is 83.9 Å². The SMILES string of the molecule is CC(=O)Nc1ccc(OCCOCCOC(=O)c2ccccc2Nc2cccc(C(F)(F)F)c2)cc1. The number of rotatable bonds is 11. The fourth-order valence-electron chi connectivity index (χ4n) is 3.13. The van der Waals surface area contributed by atoms with Gasteiger partial charge in [0.1, 0.15) is 19.0 Å². The maximum Gasteiger partial charge on any atom is 0.416 e. The predicted molar refractivity (Wildman–Crippen MR) is 129 cm³/mol. The summed E-state index contributed by atoms with van der Waals surface area (Å²) in [7, 11) is 0. The summed E-state index contributed by atoms with van der Waals surface area (Å²) < 4.78 is 55.1. The van der Waals surface area contributed by atoms with E-state index in [9.17, 15) is 22.8 Å². The Hall–Kier alpha value is -4.05. The largest absolute Gasteiger partial charge is 0.491 e. The van der Waals surface area contributed by atoms with Gasteiger partial charge >= 0.3 is 12.1 Å². The highest BCUT2D eigenvalue weighted by Gasteiger charge is 2.30. The van der Waals surface area contributed by atoms with Crippen LogP contribution in [0.2, 0.25) is 0 Å². The van der Waals surface area contributed by atoms with E-state index in [1.165, 1.54) is 25.1 Å². The Balaban J connectivity index is 1.41. The summed E-state index contributed by atoms with van der Waals surface area (Å²) in [6, 6.07) is 18.0. The average Bonchev–Trinajstić information content (AvgIpc) is 2.84. The van der Waals surface area contributed by atoms with Crippen molar-refractivity contribution in [2.24, 2.45) is 0 Å². The van der Waals surface area contributed by atoms with Crippen LogP contribution in [0.1, 0.15) is 22.8 Å². The number of para-hydroxylation sites is 1. The molecule has 7 nitrogen and oxygen atoms in total. The van der Waals surface area contributed by atoms with E-state index in [1.54, 1.807) is 42.5 Å². The second kappa shape index (κ2) is 12.6. The minimum absolute atomic E-state index is 0.0118. The highest BCUT2D eigenvalue weighted by Crippen LogP contribution is 2.32. The zero-order chi connectivity index (χ0) is 26.0. The van der Waals surface area contributed by atoms with Crippen LogP contribution in [0.15, 0.2) is 72.8 Å². The van der Waals surface area contributed by atoms with E-state index in [-0.39, 0.29) is 43.6 Å². The van der Waals surface area contributed by atoms with E-state index in [0.717, 1.165) is 12.1 Å². The van der Waals surface area contributed by atoms with Gasteiger partial charge in [-0.25, -0.2) is 4.79 Å². The topological polar surface area (TPSA) is 85.9 Å². The Morgan fingerprint density at radius 2 is 1.56 bits per heavy atom. The molecule has 0 spiro atoms. The first-order valence-electron chi connectivity index (χ1n) is 11.0. The smallest absolute Gasteiger partial charge is 0.416 e. The van der Waals surface area contributed by atoms with Gasteiger partial charge in [-0.15, -0.1) is 0 Å². The van der Waals surface area contributed by atoms with E-state index in [4.69, 9.17) is 14.2 Å². The molecular formula is C26H25F3N2O5. The lowest BCUT2D eigenvalue weighted by atomic mass is 10.1. The molecule has 0 aliphatic heterocycles. The van der Waals surface area contributed by atoms with Gasteiger partial charge in [0.15, 0.2) is 0 Å². The number of esters is 1. The normalized spacial score (nSPS) is 11.0. The number of carbonyl (C=O) groups is 2. The van der Waals surface area contributed by atoms with Crippen LogP contribution < -0.4 is 15.4 Å². The third kappa shape index (κ3) is 8.31. The zero-order valence-electron chi connectivity index (χ0n) is 19.4. The van der Waals surface area contributed by atoms with Crippen LogP contribution in [-0.2, 0) is 20.4 Å². The zero-order valence-corrected chi connectivity index (χ0v) is 19.4. The van der Waals surface area contributed by atoms with Gasteiger partial charge in [-0.1, -0.05) is 18.2 Å². The molecule has 0 atom stereocenters. The van der Waals surface area contributed by atoms with Crippen molar-refractivity contribution in [1.82, 2.24) is 0 Å². The van der Waals surface area contributed by atoms with Crippen LogP contribution in [0, 0.1) is 0 Å². The number of carbonyl (C=O) groups excluding carboxylic acids is 2. The van der Waals surface area contributed by atoms with E-state index in [1.807, 2.05) is 0 Å². The van der Waals surface area contributed by atoms with Crippen LogP contribution in [-0.4, -0.2) is 38.3 Å². The molecule has 0 aromatic heterocycles. The first-order valence-corrected chi connectivity index (χ1v) is 11.0. The van der Waals surface area contributed by atoms with Gasteiger partial charge < -0.3 is 24.8 Å². The molecule has 3 rings (SSSR count). The van der Waals surface area contributed by atoms with Crippen molar-refractivity contribution in [2.75, 3.05) is 37.1 Å². The molecule has 0 aliphatic rings. The number of benzene rings is 3. The Labute approximate surface area is 206 Å². The van der Waals surface area contributed by atoms with Gasteiger partial charge in [-0.3, -0.25) is 4.79 Å². The molecule has 190 valence electrons. The fourth-order valence-corrected chi connectivity index (χ4v) is 3.13. The minimum atomic E-state index is -4.47. The predicted octanol–water partition coefficient (Wildman–Crippen LogP) is 5.66. The summed E-state index contributed by atoms with van der Waals surface area (Å²) in [4.78, 5) is 23.5. The Bertz CT molecular complexity index is 1170. The molecule has 10 heteroatoms. The first-order chi connectivity index (χ1) is 17.2. The molecule has 1 amide bonds. The highest BCUT2D eigenvalue weighted by molar-refractivity contribution is 5.96. The molecule has 0 aliphatic carbocycles. The lowest BCUT2D eigenvalue weighted by Crippen LogP contribution is -2.14. The Morgan fingerprint density at radius 1 is 0.833 bits per heavy atom. The van der Waals surface area contributed by atoms with E-state index >= 15 is 0 Å². The fraction of sp³-hybridized carbons (Fsp3) is 0.231. The van der Waals surface area contributed by atoms with Crippen molar-refractivity contribution < 1.29 is 37.0 Å². The molecule has 0 heterocycles. The number of ether oxygens (including phenoxy) is 3. The van der Waals surface area contributed by atoms with Gasteiger partial charge in [0.05, 0.1) is 30.0 Å². The molecule has 0 bridgehead atoms. The Kier molecular flexibility index (Phi) is 9.29. The summed E-state index contributed by atoms with van der Waals surface area (Å²) in [5, 5.41) is 5.50. The molecule has 0 radical (unpaired) electrons. The summed E-state index contributed by atoms with van der Waals surface area (Å²) in [6.07, 6.45) is -4.47. The number of nitrogens with one attached hydrogen (secondary N) is 2. The van der Waals surface area contributed by atoms with E-state index in [0.29, 0.717) is 17.1 Å². The summed E-state index contributed by atoms with van der Waals surface area (Å²) >= 11 is 0. The molecule has 0 saturated heterocycles. The van der Waals surface area contributed by atoms with Crippen molar-refractivity contribution >= 4 is 28.9 Å². The van der Waals surface area contributed by atoms with E-state index in [2.05, 4.69) is 10.6 Å². The summed E-state index contributed by atoms with van der Waals surface area (Å²) in [5.41, 5.74) is 0.565. The second-order valence-corrected chi connectivity index (χ2v) is 7.55. The second-order valence-electron chi connectivity index (χ2n) is 7.55. The van der Waals surface area contributed by atoms with Crippen molar-refractivity contribution in [2.45, 2.75) is 13.1 Å². The van der Waals surface area contributed by atoms with Gasteiger partial charge in [-0.2, -0.15) is 13.2 Å². The highest BCUT2D eigenvalue weighted by atomic mass is 19.4. The number of hydrogen-bond acceptors (Lipinski definition) is 6. The van der Waals surface area contributed by atoms with Gasteiger partial charge in [0.2, 0.25) is 5.91 Å². The van der Waals surface area contributed by atoms with Gasteiger partial charge in [0, 0.05) is 18.3 Å². The molecule has 36 heavy (non-hydrogen) atoms. The molecule has 2 N–H and O–H groups in total. The lowest BCUT2D eigenvalue weighted by Gasteiger charge is -2.14. The third-order valence-corrected chi connectivity index (χ3v) is 4.75. The maximum absolute atomic E-state index is 13.0. The number of hydrogen-bond donors (Lipinski definition) is 2. The van der Waals surface area contributed by atoms with E-state index < -0.39 is 17.7 Å². The van der Waals surface area contributed by atoms with Crippen LogP contribution in [0.5, 0.6) is 5.75 Å². The monoisotopic (exact) mass is 502 g/mol. The summed E-state index contributed by atoms with van der Waals surface area (Å²) in [5.74, 6) is -0.179. The number of anilines is 3. The molecule has 3 aromatic rings. The Morgan fingerprint density at radius 3 is 2.28 bits per heavy atom. The van der Waals surface area contributed by atoms with Crippen molar-refractivity contribution in [3.63, 3.8) is 0 Å². The van der Waals surface area contributed by atoms with Crippen LogP contribution in [0.3, 0.4) is 0 Å². The van der Waals surface area contributed by atoms with Gasteiger partial charge in [-0.05, 0) is 54.6 Å². The number of halogens is 3. The lowest BCUT2D eigenvalue weighted by molar-refractivity contribution is -0.137. The first kappa shape index (κ1) is 26.6. The van der Waals surface area contributed by atoms with Crippen molar-refractivity contribution in [1.29, 1.82) is 0 Å². The number of alkyl halides is 3. The van der Waals surface area contributed by atoms with Crippen LogP contribution in [0.25, 0.3) is 0 Å². The third-order valence-electron chi connectivity index (χ3n) is 4.75. The van der Waals surface area contributed by atoms with Crippen LogP contribution in [0.4, 0.5) is 30.2 Å².